The third kappa shape index (κ3) is 6.18. The molecule has 0 aliphatic carbocycles. The van der Waals surface area contributed by atoms with Crippen molar-refractivity contribution in [2.75, 3.05) is 7.11 Å². The molecule has 2 heteroatoms. The Morgan fingerprint density at radius 1 is 1.24 bits per heavy atom. The van der Waals surface area contributed by atoms with Crippen LogP contribution in [-0.2, 0) is 0 Å². The van der Waals surface area contributed by atoms with E-state index in [1.54, 1.807) is 7.11 Å². The molecule has 0 spiro atoms. The second-order valence-corrected chi connectivity index (χ2v) is 21.1. The van der Waals surface area contributed by atoms with Crippen LogP contribution in [-0.4, -0.2) is 25.5 Å². The monoisotopic (exact) mass is 392 g/mol. The third-order valence-corrected chi connectivity index (χ3v) is 10.2. The molecule has 1 aromatic carbocycles. The topological polar surface area (TPSA) is 9.23 Å². The summed E-state index contributed by atoms with van der Waals surface area (Å²) in [6.07, 6.45) is 3.59. The quantitative estimate of drug-likeness (QED) is 0.473. The molecule has 0 aromatic heterocycles. The summed E-state index contributed by atoms with van der Waals surface area (Å²) in [7, 11) is 1.68. The Bertz CT molecular complexity index is 511. The zero-order valence-corrected chi connectivity index (χ0v) is 17.0. The van der Waals surface area contributed by atoms with Crippen LogP contribution in [0, 0.1) is 17.8 Å². The van der Waals surface area contributed by atoms with E-state index in [4.69, 9.17) is 4.74 Å². The SMILES string of the molecule is C=[C](C(C#Cc1ccc(OC)cc1)CCCC)[Sn]([CH3])([CH3])[CH3]. The molecule has 0 saturated carbocycles. The molecule has 1 nitrogen and oxygen atoms in total. The summed E-state index contributed by atoms with van der Waals surface area (Å²) < 4.78 is 6.62. The molecule has 1 aromatic rings. The number of benzene rings is 1. The first-order valence-corrected chi connectivity index (χ1v) is 17.7. The molecule has 1 atom stereocenters. The van der Waals surface area contributed by atoms with Crippen molar-refractivity contribution in [1.82, 2.24) is 0 Å². The van der Waals surface area contributed by atoms with Crippen molar-refractivity contribution >= 4 is 18.4 Å². The van der Waals surface area contributed by atoms with Crippen LogP contribution in [0.1, 0.15) is 31.7 Å². The summed E-state index contributed by atoms with van der Waals surface area (Å²) in [6.45, 7) is 6.62. The number of hydrogen-bond donors (Lipinski definition) is 0. The molecule has 0 N–H and O–H groups in total. The van der Waals surface area contributed by atoms with E-state index in [1.165, 1.54) is 16.4 Å². The molecule has 0 saturated heterocycles. The van der Waals surface area contributed by atoms with E-state index in [0.717, 1.165) is 17.7 Å². The molecule has 0 bridgehead atoms. The van der Waals surface area contributed by atoms with Gasteiger partial charge in [0.15, 0.2) is 0 Å². The number of methoxy groups -OCH3 is 1. The van der Waals surface area contributed by atoms with E-state index < -0.39 is 18.4 Å². The molecule has 114 valence electrons. The fraction of sp³-hybridized carbons (Fsp3) is 0.474. The van der Waals surface area contributed by atoms with Gasteiger partial charge in [-0.05, 0) is 0 Å². The molecule has 0 heterocycles. The van der Waals surface area contributed by atoms with Crippen LogP contribution in [0.25, 0.3) is 0 Å². The number of unbranched alkanes of at least 4 members (excludes halogenated alkanes) is 1. The zero-order chi connectivity index (χ0) is 15.9. The Kier molecular flexibility index (Phi) is 7.38. The fourth-order valence-electron chi connectivity index (χ4n) is 2.11. The summed E-state index contributed by atoms with van der Waals surface area (Å²) in [6, 6.07) is 7.96. The minimum atomic E-state index is -2.08. The Morgan fingerprint density at radius 3 is 2.33 bits per heavy atom. The zero-order valence-electron chi connectivity index (χ0n) is 14.1. The molecule has 0 aliphatic rings. The predicted molar refractivity (Wildman–Crippen MR) is 95.4 cm³/mol. The van der Waals surface area contributed by atoms with Crippen LogP contribution < -0.4 is 4.74 Å². The van der Waals surface area contributed by atoms with Gasteiger partial charge in [-0.3, -0.25) is 0 Å². The van der Waals surface area contributed by atoms with Crippen LogP contribution in [0.3, 0.4) is 0 Å². The van der Waals surface area contributed by atoms with Gasteiger partial charge in [-0.1, -0.05) is 0 Å². The Morgan fingerprint density at radius 2 is 1.86 bits per heavy atom. The second kappa shape index (κ2) is 8.53. The van der Waals surface area contributed by atoms with E-state index in [-0.39, 0.29) is 0 Å². The van der Waals surface area contributed by atoms with Gasteiger partial charge in [0.1, 0.15) is 0 Å². The Labute approximate surface area is 134 Å². The maximum atomic E-state index is 5.18. The van der Waals surface area contributed by atoms with Crippen molar-refractivity contribution < 1.29 is 4.74 Å². The predicted octanol–water partition coefficient (Wildman–Crippen LogP) is 5.29. The Balaban J connectivity index is 2.90. The van der Waals surface area contributed by atoms with E-state index in [0.29, 0.717) is 5.92 Å². The molecular weight excluding hydrogens is 363 g/mol. The first-order chi connectivity index (χ1) is 9.88. The van der Waals surface area contributed by atoms with E-state index in [2.05, 4.69) is 40.2 Å². The third-order valence-electron chi connectivity index (χ3n) is 3.71. The number of allylic oxidation sites excluding steroid dienone is 1. The van der Waals surface area contributed by atoms with Gasteiger partial charge in [-0.15, -0.1) is 0 Å². The molecule has 21 heavy (non-hydrogen) atoms. The normalized spacial score (nSPS) is 12.2. The van der Waals surface area contributed by atoms with E-state index in [9.17, 15) is 0 Å². The Hall–Kier alpha value is -0.881. The summed E-state index contributed by atoms with van der Waals surface area (Å²) in [5.41, 5.74) is 1.05. The van der Waals surface area contributed by atoms with Crippen LogP contribution >= 0.6 is 0 Å². The van der Waals surface area contributed by atoms with Crippen LogP contribution in [0.4, 0.5) is 0 Å². The molecule has 0 aliphatic heterocycles. The number of hydrogen-bond acceptors (Lipinski definition) is 1. The van der Waals surface area contributed by atoms with Gasteiger partial charge in [0, 0.05) is 0 Å². The molecule has 0 radical (unpaired) electrons. The van der Waals surface area contributed by atoms with Crippen LogP contribution in [0.2, 0.25) is 14.8 Å². The first-order valence-electron chi connectivity index (χ1n) is 7.73. The number of rotatable bonds is 6. The van der Waals surface area contributed by atoms with Gasteiger partial charge < -0.3 is 0 Å². The second-order valence-electron chi connectivity index (χ2n) is 6.47. The summed E-state index contributed by atoms with van der Waals surface area (Å²) in [4.78, 5) is 7.26. The molecule has 1 unspecified atom stereocenters. The van der Waals surface area contributed by atoms with Gasteiger partial charge in [0.2, 0.25) is 0 Å². The van der Waals surface area contributed by atoms with Crippen LogP contribution in [0.5, 0.6) is 5.75 Å². The summed E-state index contributed by atoms with van der Waals surface area (Å²) in [5.74, 6) is 8.04. The minimum absolute atomic E-state index is 0.364. The van der Waals surface area contributed by atoms with Crippen molar-refractivity contribution in [2.24, 2.45) is 5.92 Å². The van der Waals surface area contributed by atoms with Gasteiger partial charge >= 0.3 is 135 Å². The van der Waals surface area contributed by atoms with Crippen molar-refractivity contribution in [1.29, 1.82) is 0 Å². The standard InChI is InChI=1S/C16H19O.3CH3.Sn/c1-4-6-7-14(5-2)8-9-15-10-12-16(17-3)13-11-15;;;;/h10-14H,2,4,6-7H2,1,3H3;3*1H3;. The van der Waals surface area contributed by atoms with Gasteiger partial charge in [0.25, 0.3) is 0 Å². The average molecular weight is 391 g/mol. The van der Waals surface area contributed by atoms with Gasteiger partial charge in [-0.2, -0.15) is 0 Å². The van der Waals surface area contributed by atoms with Crippen LogP contribution in [0.15, 0.2) is 34.4 Å². The fourth-order valence-corrected chi connectivity index (χ4v) is 5.71. The van der Waals surface area contributed by atoms with E-state index in [1.807, 2.05) is 24.3 Å². The molecule has 1 rings (SSSR count). The van der Waals surface area contributed by atoms with Gasteiger partial charge in [0.05, 0.1) is 0 Å². The molecular formula is C19H28OSn. The maximum absolute atomic E-state index is 5.18. The van der Waals surface area contributed by atoms with E-state index >= 15 is 0 Å². The molecule has 0 fully saturated rings. The van der Waals surface area contributed by atoms with Gasteiger partial charge in [-0.25, -0.2) is 0 Å². The molecule has 0 amide bonds. The van der Waals surface area contributed by atoms with Crippen molar-refractivity contribution in [2.45, 2.75) is 41.0 Å². The van der Waals surface area contributed by atoms with Crippen molar-refractivity contribution in [3.8, 4) is 17.6 Å². The number of ether oxygens (including phenoxy) is 1. The summed E-state index contributed by atoms with van der Waals surface area (Å²) >= 11 is -2.08. The first kappa shape index (κ1) is 18.2. The summed E-state index contributed by atoms with van der Waals surface area (Å²) in [5, 5.41) is 0. The van der Waals surface area contributed by atoms with Crippen molar-refractivity contribution in [3.63, 3.8) is 0 Å². The average Bonchev–Trinajstić information content (AvgIpc) is 2.46. The van der Waals surface area contributed by atoms with Crippen molar-refractivity contribution in [3.05, 3.63) is 40.0 Å².